The van der Waals surface area contributed by atoms with Gasteiger partial charge in [-0.1, -0.05) is 13.3 Å². The van der Waals surface area contributed by atoms with E-state index in [-0.39, 0.29) is 18.3 Å². The van der Waals surface area contributed by atoms with E-state index >= 15 is 0 Å². The van der Waals surface area contributed by atoms with Crippen LogP contribution in [-0.2, 0) is 11.2 Å². The van der Waals surface area contributed by atoms with Crippen molar-refractivity contribution < 1.29 is 9.84 Å². The number of ether oxygens (including phenoxy) is 1. The van der Waals surface area contributed by atoms with Gasteiger partial charge in [-0.15, -0.1) is 0 Å². The normalized spacial score (nSPS) is 12.7. The number of methoxy groups -OCH3 is 1. The summed E-state index contributed by atoms with van der Waals surface area (Å²) < 4.78 is 5.30. The third kappa shape index (κ3) is 3.38. The molecular weight excluding hydrogens is 220 g/mol. The van der Waals surface area contributed by atoms with E-state index in [1.807, 2.05) is 0 Å². The molecule has 1 aromatic heterocycles. The average Bonchev–Trinajstić information content (AvgIpc) is 2.30. The Morgan fingerprint density at radius 1 is 1.53 bits per heavy atom. The van der Waals surface area contributed by atoms with E-state index in [4.69, 9.17) is 9.84 Å². The molecule has 0 fully saturated rings. The Kier molecular flexibility index (Phi) is 5.31. The molecule has 96 valence electrons. The summed E-state index contributed by atoms with van der Waals surface area (Å²) in [5.41, 5.74) is 1.03. The van der Waals surface area contributed by atoms with Crippen LogP contribution in [0, 0.1) is 6.92 Å². The molecule has 0 spiro atoms. The lowest BCUT2D eigenvalue weighted by Crippen LogP contribution is -2.22. The maximum Gasteiger partial charge on any atom is 0.254 e. The van der Waals surface area contributed by atoms with Gasteiger partial charge in [-0.05, 0) is 13.3 Å². The highest BCUT2D eigenvalue weighted by atomic mass is 16.5. The van der Waals surface area contributed by atoms with Crippen LogP contribution >= 0.6 is 0 Å². The summed E-state index contributed by atoms with van der Waals surface area (Å²) in [6.45, 7) is 3.78. The van der Waals surface area contributed by atoms with Crippen molar-refractivity contribution >= 4 is 0 Å². The van der Waals surface area contributed by atoms with Crippen molar-refractivity contribution in [3.63, 3.8) is 0 Å². The van der Waals surface area contributed by atoms with Crippen molar-refractivity contribution in [2.75, 3.05) is 13.7 Å². The summed E-state index contributed by atoms with van der Waals surface area (Å²) >= 11 is 0. The number of aromatic amines is 1. The first kappa shape index (κ1) is 13.9. The van der Waals surface area contributed by atoms with Gasteiger partial charge < -0.3 is 14.8 Å². The van der Waals surface area contributed by atoms with Crippen LogP contribution in [0.3, 0.4) is 0 Å². The number of aliphatic hydroxyl groups excluding tert-OH is 1. The second kappa shape index (κ2) is 6.51. The number of rotatable bonds is 6. The van der Waals surface area contributed by atoms with Crippen LogP contribution in [-0.4, -0.2) is 28.8 Å². The largest absolute Gasteiger partial charge is 0.396 e. The zero-order chi connectivity index (χ0) is 12.8. The maximum atomic E-state index is 11.8. The van der Waals surface area contributed by atoms with Gasteiger partial charge in [0.15, 0.2) is 0 Å². The summed E-state index contributed by atoms with van der Waals surface area (Å²) in [4.78, 5) is 18.9. The number of H-pyrrole nitrogens is 1. The predicted octanol–water partition coefficient (Wildman–Crippen LogP) is 1.10. The minimum atomic E-state index is -0.181. The minimum absolute atomic E-state index is 0.0480. The highest BCUT2D eigenvalue weighted by Gasteiger charge is 2.15. The number of hydrogen-bond donors (Lipinski definition) is 2. The Morgan fingerprint density at radius 3 is 2.71 bits per heavy atom. The van der Waals surface area contributed by atoms with E-state index in [0.29, 0.717) is 23.5 Å². The molecule has 0 amide bonds. The van der Waals surface area contributed by atoms with Crippen molar-refractivity contribution in [1.29, 1.82) is 0 Å². The second-order valence-corrected chi connectivity index (χ2v) is 4.00. The Hall–Kier alpha value is -1.20. The topological polar surface area (TPSA) is 75.2 Å². The third-order valence-electron chi connectivity index (χ3n) is 2.74. The fourth-order valence-corrected chi connectivity index (χ4v) is 1.82. The van der Waals surface area contributed by atoms with E-state index in [2.05, 4.69) is 16.9 Å². The molecule has 0 saturated heterocycles. The highest BCUT2D eigenvalue weighted by Crippen LogP contribution is 2.17. The first-order valence-electron chi connectivity index (χ1n) is 5.87. The standard InChI is InChI=1S/C12H20N2O3/c1-4-5-10(17-3)11-13-8(2)9(6-7-15)12(16)14-11/h10,15H,4-7H2,1-3H3,(H,13,14,16). The van der Waals surface area contributed by atoms with E-state index in [9.17, 15) is 4.79 Å². The van der Waals surface area contributed by atoms with Gasteiger partial charge in [0.25, 0.3) is 5.56 Å². The molecule has 1 aromatic rings. The number of aliphatic hydroxyl groups is 1. The average molecular weight is 240 g/mol. The smallest absolute Gasteiger partial charge is 0.254 e. The van der Waals surface area contributed by atoms with Crippen LogP contribution in [0.1, 0.15) is 43.0 Å². The van der Waals surface area contributed by atoms with Crippen LogP contribution in [0.25, 0.3) is 0 Å². The maximum absolute atomic E-state index is 11.8. The Labute approximate surface area is 101 Å². The molecule has 0 saturated carbocycles. The number of hydrogen-bond acceptors (Lipinski definition) is 4. The molecule has 1 rings (SSSR count). The summed E-state index contributed by atoms with van der Waals surface area (Å²) in [6, 6.07) is 0. The van der Waals surface area contributed by atoms with Gasteiger partial charge in [0.2, 0.25) is 0 Å². The SMILES string of the molecule is CCCC(OC)c1nc(C)c(CCO)c(=O)[nH]1. The summed E-state index contributed by atoms with van der Waals surface area (Å²) in [5.74, 6) is 0.568. The molecule has 17 heavy (non-hydrogen) atoms. The Morgan fingerprint density at radius 2 is 2.24 bits per heavy atom. The predicted molar refractivity (Wildman–Crippen MR) is 65.0 cm³/mol. The minimum Gasteiger partial charge on any atom is -0.396 e. The van der Waals surface area contributed by atoms with Gasteiger partial charge in [-0.2, -0.15) is 0 Å². The molecule has 0 aliphatic carbocycles. The summed E-state index contributed by atoms with van der Waals surface area (Å²) in [6.07, 6.45) is 1.94. The molecule has 2 N–H and O–H groups in total. The number of nitrogens with zero attached hydrogens (tertiary/aromatic N) is 1. The van der Waals surface area contributed by atoms with Gasteiger partial charge in [-0.25, -0.2) is 4.98 Å². The monoisotopic (exact) mass is 240 g/mol. The van der Waals surface area contributed by atoms with E-state index < -0.39 is 0 Å². The molecule has 5 nitrogen and oxygen atoms in total. The molecule has 1 atom stereocenters. The van der Waals surface area contributed by atoms with Crippen molar-refractivity contribution in [2.24, 2.45) is 0 Å². The lowest BCUT2D eigenvalue weighted by atomic mass is 10.1. The first-order chi connectivity index (χ1) is 8.13. The lowest BCUT2D eigenvalue weighted by Gasteiger charge is -2.14. The quantitative estimate of drug-likeness (QED) is 0.780. The Balaban J connectivity index is 3.08. The highest BCUT2D eigenvalue weighted by molar-refractivity contribution is 5.17. The van der Waals surface area contributed by atoms with Gasteiger partial charge in [0, 0.05) is 31.4 Å². The van der Waals surface area contributed by atoms with Crippen molar-refractivity contribution in [2.45, 2.75) is 39.2 Å². The van der Waals surface area contributed by atoms with Crippen LogP contribution in [0.4, 0.5) is 0 Å². The molecule has 5 heteroatoms. The fraction of sp³-hybridized carbons (Fsp3) is 0.667. The van der Waals surface area contributed by atoms with Gasteiger partial charge >= 0.3 is 0 Å². The molecule has 0 aromatic carbocycles. The zero-order valence-electron chi connectivity index (χ0n) is 10.6. The Bertz CT molecular complexity index is 415. The van der Waals surface area contributed by atoms with Crippen LogP contribution in [0.5, 0.6) is 0 Å². The molecule has 1 unspecified atom stereocenters. The number of aryl methyl sites for hydroxylation is 1. The fourth-order valence-electron chi connectivity index (χ4n) is 1.82. The molecule has 0 aliphatic rings. The molecular formula is C12H20N2O3. The van der Waals surface area contributed by atoms with E-state index in [0.717, 1.165) is 12.8 Å². The van der Waals surface area contributed by atoms with E-state index in [1.54, 1.807) is 14.0 Å². The van der Waals surface area contributed by atoms with Crippen LogP contribution in [0.2, 0.25) is 0 Å². The second-order valence-electron chi connectivity index (χ2n) is 4.00. The lowest BCUT2D eigenvalue weighted by molar-refractivity contribution is 0.0871. The van der Waals surface area contributed by atoms with Gasteiger partial charge in [0.1, 0.15) is 11.9 Å². The van der Waals surface area contributed by atoms with Gasteiger partial charge in [0.05, 0.1) is 0 Å². The molecule has 1 heterocycles. The van der Waals surface area contributed by atoms with Crippen molar-refractivity contribution in [3.8, 4) is 0 Å². The summed E-state index contributed by atoms with van der Waals surface area (Å²) in [5, 5.41) is 8.87. The van der Waals surface area contributed by atoms with Crippen molar-refractivity contribution in [3.05, 3.63) is 27.4 Å². The number of nitrogens with one attached hydrogen (secondary N) is 1. The van der Waals surface area contributed by atoms with Crippen LogP contribution in [0.15, 0.2) is 4.79 Å². The number of aromatic nitrogens is 2. The molecule has 0 radical (unpaired) electrons. The third-order valence-corrected chi connectivity index (χ3v) is 2.74. The van der Waals surface area contributed by atoms with Crippen molar-refractivity contribution in [1.82, 2.24) is 9.97 Å². The van der Waals surface area contributed by atoms with E-state index in [1.165, 1.54) is 0 Å². The van der Waals surface area contributed by atoms with Gasteiger partial charge in [-0.3, -0.25) is 4.79 Å². The summed E-state index contributed by atoms with van der Waals surface area (Å²) in [7, 11) is 1.61. The molecule has 0 bridgehead atoms. The van der Waals surface area contributed by atoms with Crippen LogP contribution < -0.4 is 5.56 Å². The first-order valence-corrected chi connectivity index (χ1v) is 5.87. The molecule has 0 aliphatic heterocycles. The zero-order valence-corrected chi connectivity index (χ0v) is 10.6.